The van der Waals surface area contributed by atoms with E-state index in [4.69, 9.17) is 10.5 Å². The molecule has 2 aromatic heterocycles. The van der Waals surface area contributed by atoms with Gasteiger partial charge in [0.25, 0.3) is 0 Å². The Morgan fingerprint density at radius 2 is 2.06 bits per heavy atom. The van der Waals surface area contributed by atoms with Crippen molar-refractivity contribution in [1.82, 2.24) is 19.7 Å². The number of nitrogens with two attached hydrogens (primary N) is 1. The van der Waals surface area contributed by atoms with Gasteiger partial charge in [0.2, 0.25) is 0 Å². The normalized spacial score (nSPS) is 17.1. The summed E-state index contributed by atoms with van der Waals surface area (Å²) in [5, 5.41) is 7.57. The number of amides is 2. The van der Waals surface area contributed by atoms with Crippen molar-refractivity contribution in [3.05, 3.63) is 47.3 Å². The SMILES string of the molecule is Cc1cc(C(F)(F)F)ccc1C(C)N(C)C(=O)C(=O)Nc1cnc(N)c2cn(C3CCCCO3)nc12. The summed E-state index contributed by atoms with van der Waals surface area (Å²) in [5.74, 6) is -1.59. The van der Waals surface area contributed by atoms with Crippen LogP contribution in [0.4, 0.5) is 24.7 Å². The first-order valence-electron chi connectivity index (χ1n) is 11.5. The zero-order valence-electron chi connectivity index (χ0n) is 20.1. The number of aryl methyl sites for hydroxylation is 1. The van der Waals surface area contributed by atoms with Crippen LogP contribution in [0.3, 0.4) is 0 Å². The van der Waals surface area contributed by atoms with Crippen LogP contribution in [0.5, 0.6) is 0 Å². The summed E-state index contributed by atoms with van der Waals surface area (Å²) < 4.78 is 46.4. The molecule has 3 heterocycles. The Bertz CT molecular complexity index is 1300. The van der Waals surface area contributed by atoms with Gasteiger partial charge in [-0.3, -0.25) is 9.59 Å². The molecule has 1 fully saturated rings. The minimum absolute atomic E-state index is 0.207. The maximum absolute atomic E-state index is 13.0. The molecule has 3 aromatic rings. The highest BCUT2D eigenvalue weighted by Crippen LogP contribution is 2.33. The second-order valence-electron chi connectivity index (χ2n) is 8.87. The number of ether oxygens (including phenoxy) is 1. The highest BCUT2D eigenvalue weighted by Gasteiger charge is 2.32. The molecule has 192 valence electrons. The molecule has 0 aliphatic carbocycles. The number of nitrogens with zero attached hydrogens (tertiary/aromatic N) is 4. The van der Waals surface area contributed by atoms with Crippen molar-refractivity contribution in [2.75, 3.05) is 24.7 Å². The zero-order valence-corrected chi connectivity index (χ0v) is 20.1. The summed E-state index contributed by atoms with van der Waals surface area (Å²) in [6.07, 6.45) is 1.06. The van der Waals surface area contributed by atoms with Gasteiger partial charge in [-0.1, -0.05) is 6.07 Å². The number of pyridine rings is 1. The van der Waals surface area contributed by atoms with E-state index < -0.39 is 29.6 Å². The van der Waals surface area contributed by atoms with Gasteiger partial charge in [0, 0.05) is 19.9 Å². The summed E-state index contributed by atoms with van der Waals surface area (Å²) in [6.45, 7) is 3.79. The maximum atomic E-state index is 13.0. The number of anilines is 2. The molecule has 2 amide bonds. The first-order valence-corrected chi connectivity index (χ1v) is 11.5. The summed E-state index contributed by atoms with van der Waals surface area (Å²) in [5.41, 5.74) is 6.65. The Kier molecular flexibility index (Phi) is 6.90. The Hall–Kier alpha value is -3.67. The number of nitrogen functional groups attached to an aromatic ring is 1. The lowest BCUT2D eigenvalue weighted by Crippen LogP contribution is -2.38. The van der Waals surface area contributed by atoms with Gasteiger partial charge in [0.15, 0.2) is 0 Å². The van der Waals surface area contributed by atoms with Crippen LogP contribution >= 0.6 is 0 Å². The number of benzene rings is 1. The van der Waals surface area contributed by atoms with Gasteiger partial charge in [0.05, 0.1) is 28.9 Å². The van der Waals surface area contributed by atoms with Crippen LogP contribution in [-0.4, -0.2) is 45.1 Å². The van der Waals surface area contributed by atoms with Crippen molar-refractivity contribution in [2.45, 2.75) is 51.6 Å². The van der Waals surface area contributed by atoms with Gasteiger partial charge in [-0.2, -0.15) is 18.3 Å². The van der Waals surface area contributed by atoms with Gasteiger partial charge in [-0.05, 0) is 56.4 Å². The third-order valence-corrected chi connectivity index (χ3v) is 6.44. The number of nitrogens with one attached hydrogen (secondary N) is 1. The average Bonchev–Trinajstić information content (AvgIpc) is 3.31. The predicted octanol–water partition coefficient (Wildman–Crippen LogP) is 4.20. The number of hydrogen-bond acceptors (Lipinski definition) is 6. The van der Waals surface area contributed by atoms with Crippen LogP contribution in [0.15, 0.2) is 30.6 Å². The number of alkyl halides is 3. The number of rotatable bonds is 4. The smallest absolute Gasteiger partial charge is 0.383 e. The van der Waals surface area contributed by atoms with E-state index in [2.05, 4.69) is 15.4 Å². The van der Waals surface area contributed by atoms with Gasteiger partial charge < -0.3 is 20.7 Å². The van der Waals surface area contributed by atoms with Gasteiger partial charge in [-0.15, -0.1) is 0 Å². The second kappa shape index (κ2) is 9.76. The highest BCUT2D eigenvalue weighted by atomic mass is 19.4. The van der Waals surface area contributed by atoms with Crippen molar-refractivity contribution in [3.8, 4) is 0 Å². The number of likely N-dealkylation sites (N-methyl/N-ethyl adjacent to an activating group) is 1. The summed E-state index contributed by atoms with van der Waals surface area (Å²) in [6, 6.07) is 2.64. The number of carbonyl (C=O) groups excluding carboxylic acids is 2. The van der Waals surface area contributed by atoms with Crippen LogP contribution in [0.1, 0.15) is 55.1 Å². The Morgan fingerprint density at radius 1 is 1.31 bits per heavy atom. The standard InChI is InChI=1S/C24H27F3N6O3/c1-13-10-15(24(25,26)27)7-8-16(13)14(2)32(3)23(35)22(34)30-18-11-29-21(28)17-12-33(31-20(17)18)19-6-4-5-9-36-19/h7-8,10-12,14,19H,4-6,9H2,1-3H3,(H2,28,29)(H,30,34). The van der Waals surface area contributed by atoms with Crippen LogP contribution in [0.25, 0.3) is 10.9 Å². The first-order chi connectivity index (χ1) is 17.0. The molecule has 4 rings (SSSR count). The Labute approximate surface area is 205 Å². The van der Waals surface area contributed by atoms with Crippen molar-refractivity contribution in [3.63, 3.8) is 0 Å². The molecule has 12 heteroatoms. The van der Waals surface area contributed by atoms with E-state index in [0.717, 1.165) is 31.4 Å². The average molecular weight is 505 g/mol. The summed E-state index contributed by atoms with van der Waals surface area (Å²) in [7, 11) is 1.41. The van der Waals surface area contributed by atoms with E-state index in [1.54, 1.807) is 17.8 Å². The van der Waals surface area contributed by atoms with E-state index in [1.165, 1.54) is 31.1 Å². The molecule has 9 nitrogen and oxygen atoms in total. The summed E-state index contributed by atoms with van der Waals surface area (Å²) in [4.78, 5) is 31.0. The van der Waals surface area contributed by atoms with Crippen LogP contribution in [0.2, 0.25) is 0 Å². The summed E-state index contributed by atoms with van der Waals surface area (Å²) >= 11 is 0. The first kappa shape index (κ1) is 25.4. The lowest BCUT2D eigenvalue weighted by atomic mass is 9.98. The largest absolute Gasteiger partial charge is 0.416 e. The lowest BCUT2D eigenvalue weighted by Gasteiger charge is -2.26. The van der Waals surface area contributed by atoms with E-state index >= 15 is 0 Å². The van der Waals surface area contributed by atoms with Gasteiger partial charge in [0.1, 0.15) is 17.6 Å². The molecule has 3 N–H and O–H groups in total. The molecule has 0 saturated carbocycles. The fourth-order valence-corrected chi connectivity index (χ4v) is 4.26. The molecule has 2 atom stereocenters. The number of halogens is 3. The molecule has 1 aliphatic heterocycles. The fraction of sp³-hybridized carbons (Fsp3) is 0.417. The Balaban J connectivity index is 1.53. The fourth-order valence-electron chi connectivity index (χ4n) is 4.26. The molecule has 1 saturated heterocycles. The van der Waals surface area contributed by atoms with Crippen molar-refractivity contribution in [1.29, 1.82) is 0 Å². The third kappa shape index (κ3) is 4.99. The lowest BCUT2D eigenvalue weighted by molar-refractivity contribution is -0.143. The van der Waals surface area contributed by atoms with Gasteiger partial charge >= 0.3 is 18.0 Å². The minimum Gasteiger partial charge on any atom is -0.383 e. The molecule has 0 spiro atoms. The van der Waals surface area contributed by atoms with Gasteiger partial charge in [-0.25, -0.2) is 9.67 Å². The molecule has 2 unspecified atom stereocenters. The van der Waals surface area contributed by atoms with Crippen molar-refractivity contribution in [2.24, 2.45) is 0 Å². The number of carbonyl (C=O) groups is 2. The van der Waals surface area contributed by atoms with E-state index in [9.17, 15) is 22.8 Å². The topological polar surface area (TPSA) is 115 Å². The van der Waals surface area contributed by atoms with Crippen molar-refractivity contribution >= 4 is 34.2 Å². The predicted molar refractivity (Wildman–Crippen MR) is 127 cm³/mol. The highest BCUT2D eigenvalue weighted by molar-refractivity contribution is 6.40. The van der Waals surface area contributed by atoms with E-state index in [0.29, 0.717) is 28.6 Å². The quantitative estimate of drug-likeness (QED) is 0.515. The number of hydrogen-bond donors (Lipinski definition) is 2. The van der Waals surface area contributed by atoms with Crippen LogP contribution in [0, 0.1) is 6.92 Å². The maximum Gasteiger partial charge on any atom is 0.416 e. The Morgan fingerprint density at radius 3 is 2.69 bits per heavy atom. The molecule has 1 aromatic carbocycles. The van der Waals surface area contributed by atoms with Crippen LogP contribution in [-0.2, 0) is 20.5 Å². The van der Waals surface area contributed by atoms with E-state index in [-0.39, 0.29) is 17.7 Å². The molecule has 1 aliphatic rings. The monoisotopic (exact) mass is 504 g/mol. The molecule has 0 bridgehead atoms. The number of fused-ring (bicyclic) bond motifs is 1. The second-order valence-corrected chi connectivity index (χ2v) is 8.87. The zero-order chi connectivity index (χ0) is 26.2. The molecular formula is C24H27F3N6O3. The number of aromatic nitrogens is 3. The van der Waals surface area contributed by atoms with Crippen molar-refractivity contribution < 1.29 is 27.5 Å². The third-order valence-electron chi connectivity index (χ3n) is 6.44. The molecule has 36 heavy (non-hydrogen) atoms. The van der Waals surface area contributed by atoms with E-state index in [1.807, 2.05) is 0 Å². The van der Waals surface area contributed by atoms with Crippen LogP contribution < -0.4 is 11.1 Å². The molecule has 0 radical (unpaired) electrons. The molecular weight excluding hydrogens is 477 g/mol. The minimum atomic E-state index is -4.47.